The smallest absolute Gasteiger partial charge is 0.317 e. The van der Waals surface area contributed by atoms with Crippen molar-refractivity contribution in [2.24, 2.45) is 0 Å². The van der Waals surface area contributed by atoms with Gasteiger partial charge in [0.15, 0.2) is 0 Å². The van der Waals surface area contributed by atoms with Crippen LogP contribution in [0.2, 0.25) is 0 Å². The van der Waals surface area contributed by atoms with Crippen molar-refractivity contribution in [3.05, 3.63) is 11.6 Å². The van der Waals surface area contributed by atoms with Gasteiger partial charge in [-0.25, -0.2) is 4.79 Å². The fraction of sp³-hybridized carbons (Fsp3) is 0.842. The van der Waals surface area contributed by atoms with Crippen LogP contribution in [-0.2, 0) is 4.74 Å². The normalized spacial score (nSPS) is 20.4. The van der Waals surface area contributed by atoms with Gasteiger partial charge in [-0.05, 0) is 32.6 Å². The predicted molar refractivity (Wildman–Crippen MR) is 94.6 cm³/mol. The van der Waals surface area contributed by atoms with E-state index in [0.717, 1.165) is 51.9 Å². The highest BCUT2D eigenvalue weighted by molar-refractivity contribution is 5.74. The van der Waals surface area contributed by atoms with Crippen molar-refractivity contribution in [2.75, 3.05) is 26.2 Å². The summed E-state index contributed by atoms with van der Waals surface area (Å²) in [5.74, 6) is 0. The lowest BCUT2D eigenvalue weighted by atomic mass is 9.87. The number of piperidine rings is 1. The lowest BCUT2D eigenvalue weighted by Crippen LogP contribution is -2.51. The van der Waals surface area contributed by atoms with E-state index in [4.69, 9.17) is 4.74 Å². The van der Waals surface area contributed by atoms with E-state index >= 15 is 0 Å². The fourth-order valence-electron chi connectivity index (χ4n) is 3.57. The van der Waals surface area contributed by atoms with Crippen molar-refractivity contribution in [1.82, 2.24) is 10.2 Å². The van der Waals surface area contributed by atoms with E-state index in [1.54, 1.807) is 0 Å². The molecule has 1 fully saturated rings. The van der Waals surface area contributed by atoms with Gasteiger partial charge >= 0.3 is 6.03 Å². The van der Waals surface area contributed by atoms with Gasteiger partial charge in [0.25, 0.3) is 0 Å². The monoisotopic (exact) mass is 322 g/mol. The minimum atomic E-state index is -0.0988. The van der Waals surface area contributed by atoms with Crippen LogP contribution in [0.25, 0.3) is 0 Å². The highest BCUT2D eigenvalue weighted by Crippen LogP contribution is 2.32. The number of ether oxygens (including phenoxy) is 1. The molecule has 0 aromatic rings. The van der Waals surface area contributed by atoms with Crippen LogP contribution in [0.15, 0.2) is 11.6 Å². The van der Waals surface area contributed by atoms with Gasteiger partial charge in [0.05, 0.1) is 12.2 Å². The number of nitrogens with one attached hydrogen (secondary N) is 1. The molecule has 2 rings (SSSR count). The molecule has 0 aromatic heterocycles. The highest BCUT2D eigenvalue weighted by atomic mass is 16.5. The van der Waals surface area contributed by atoms with E-state index in [-0.39, 0.29) is 11.6 Å². The van der Waals surface area contributed by atoms with Crippen LogP contribution in [0.5, 0.6) is 0 Å². The lowest BCUT2D eigenvalue weighted by molar-refractivity contribution is -0.0504. The quantitative estimate of drug-likeness (QED) is 0.562. The van der Waals surface area contributed by atoms with Crippen LogP contribution in [0, 0.1) is 0 Å². The first-order valence-corrected chi connectivity index (χ1v) is 9.50. The Bertz CT molecular complexity index is 398. The van der Waals surface area contributed by atoms with Crippen LogP contribution < -0.4 is 5.32 Å². The number of hydrogen-bond donors (Lipinski definition) is 1. The summed E-state index contributed by atoms with van der Waals surface area (Å²) in [4.78, 5) is 14.2. The van der Waals surface area contributed by atoms with Crippen LogP contribution in [0.4, 0.5) is 4.79 Å². The van der Waals surface area contributed by atoms with E-state index < -0.39 is 0 Å². The van der Waals surface area contributed by atoms with Gasteiger partial charge in [0.2, 0.25) is 0 Å². The molecule has 2 amide bonds. The van der Waals surface area contributed by atoms with Crippen molar-refractivity contribution < 1.29 is 9.53 Å². The van der Waals surface area contributed by atoms with Crippen LogP contribution in [-0.4, -0.2) is 42.8 Å². The minimum absolute atomic E-state index is 0.0988. The van der Waals surface area contributed by atoms with E-state index in [0.29, 0.717) is 0 Å². The summed E-state index contributed by atoms with van der Waals surface area (Å²) in [7, 11) is 0. The molecular weight excluding hydrogens is 288 g/mol. The molecule has 0 bridgehead atoms. The summed E-state index contributed by atoms with van der Waals surface area (Å²) in [5, 5.41) is 3.07. The first-order valence-electron chi connectivity index (χ1n) is 9.50. The third kappa shape index (κ3) is 5.83. The highest BCUT2D eigenvalue weighted by Gasteiger charge is 2.36. The number of amides is 2. The van der Waals surface area contributed by atoms with Crippen LogP contribution in [0.3, 0.4) is 0 Å². The molecule has 1 saturated heterocycles. The maximum atomic E-state index is 12.2. The van der Waals surface area contributed by atoms with Gasteiger partial charge in [-0.2, -0.15) is 0 Å². The summed E-state index contributed by atoms with van der Waals surface area (Å²) in [6, 6.07) is 0.102. The van der Waals surface area contributed by atoms with Crippen molar-refractivity contribution in [2.45, 2.75) is 77.2 Å². The molecule has 132 valence electrons. The topological polar surface area (TPSA) is 41.6 Å². The molecule has 0 saturated carbocycles. The molecule has 23 heavy (non-hydrogen) atoms. The summed E-state index contributed by atoms with van der Waals surface area (Å²) in [6.07, 6.45) is 12.7. The maximum Gasteiger partial charge on any atom is 0.317 e. The van der Waals surface area contributed by atoms with Gasteiger partial charge in [0.1, 0.15) is 0 Å². The summed E-state index contributed by atoms with van der Waals surface area (Å²) >= 11 is 0. The van der Waals surface area contributed by atoms with Crippen LogP contribution >= 0.6 is 0 Å². The van der Waals surface area contributed by atoms with Gasteiger partial charge in [0, 0.05) is 19.6 Å². The molecule has 2 aliphatic heterocycles. The molecule has 4 heteroatoms. The Hall–Kier alpha value is -1.03. The molecule has 0 radical (unpaired) electrons. The molecule has 0 unspecified atom stereocenters. The van der Waals surface area contributed by atoms with Crippen molar-refractivity contribution in [3.8, 4) is 0 Å². The second-order valence-electron chi connectivity index (χ2n) is 7.14. The van der Waals surface area contributed by atoms with E-state index in [1.807, 2.05) is 4.90 Å². The SMILES string of the molecule is CCCCCCCCNC(=O)N1CCC2(C=C(C)CCO2)CC1. The molecule has 0 atom stereocenters. The number of hydrogen-bond acceptors (Lipinski definition) is 2. The van der Waals surface area contributed by atoms with E-state index in [2.05, 4.69) is 25.2 Å². The van der Waals surface area contributed by atoms with E-state index in [1.165, 1.54) is 37.7 Å². The predicted octanol–water partition coefficient (Wildman–Crippen LogP) is 4.26. The second-order valence-corrected chi connectivity index (χ2v) is 7.14. The Morgan fingerprint density at radius 3 is 2.61 bits per heavy atom. The van der Waals surface area contributed by atoms with Gasteiger partial charge in [-0.3, -0.25) is 0 Å². The fourth-order valence-corrected chi connectivity index (χ4v) is 3.57. The molecule has 0 aromatic carbocycles. The molecule has 2 heterocycles. The largest absolute Gasteiger partial charge is 0.370 e. The molecule has 0 aliphatic carbocycles. The number of carbonyl (C=O) groups is 1. The Labute approximate surface area is 141 Å². The van der Waals surface area contributed by atoms with Crippen molar-refractivity contribution >= 4 is 6.03 Å². The minimum Gasteiger partial charge on any atom is -0.370 e. The number of nitrogens with zero attached hydrogens (tertiary/aromatic N) is 1. The van der Waals surface area contributed by atoms with Crippen molar-refractivity contribution in [3.63, 3.8) is 0 Å². The number of carbonyl (C=O) groups excluding carboxylic acids is 1. The first-order chi connectivity index (χ1) is 11.2. The first kappa shape index (κ1) is 18.3. The van der Waals surface area contributed by atoms with Gasteiger partial charge in [-0.1, -0.05) is 50.7 Å². The molecule has 1 spiro atoms. The van der Waals surface area contributed by atoms with Gasteiger partial charge in [-0.15, -0.1) is 0 Å². The summed E-state index contributed by atoms with van der Waals surface area (Å²) in [5.41, 5.74) is 1.33. The zero-order valence-corrected chi connectivity index (χ0v) is 15.0. The summed E-state index contributed by atoms with van der Waals surface area (Å²) < 4.78 is 6.02. The number of unbranched alkanes of at least 4 members (excludes halogenated alkanes) is 5. The standard InChI is InChI=1S/C19H34N2O2/c1-3-4-5-6-7-8-12-20-18(22)21-13-10-19(11-14-21)16-17(2)9-15-23-19/h16H,3-15H2,1-2H3,(H,20,22). The van der Waals surface area contributed by atoms with Gasteiger partial charge < -0.3 is 15.0 Å². The Morgan fingerprint density at radius 1 is 1.22 bits per heavy atom. The molecular formula is C19H34N2O2. The lowest BCUT2D eigenvalue weighted by Gasteiger charge is -2.42. The summed E-state index contributed by atoms with van der Waals surface area (Å²) in [6.45, 7) is 7.65. The Morgan fingerprint density at radius 2 is 1.91 bits per heavy atom. The molecule has 4 nitrogen and oxygen atoms in total. The number of urea groups is 1. The third-order valence-corrected chi connectivity index (χ3v) is 5.10. The van der Waals surface area contributed by atoms with Crippen molar-refractivity contribution in [1.29, 1.82) is 0 Å². The third-order valence-electron chi connectivity index (χ3n) is 5.10. The maximum absolute atomic E-state index is 12.2. The Kier molecular flexibility index (Phi) is 7.41. The zero-order valence-electron chi connectivity index (χ0n) is 15.0. The molecule has 1 N–H and O–H groups in total. The van der Waals surface area contributed by atoms with E-state index in [9.17, 15) is 4.79 Å². The average molecular weight is 322 g/mol. The number of likely N-dealkylation sites (tertiary alicyclic amines) is 1. The van der Waals surface area contributed by atoms with Crippen LogP contribution in [0.1, 0.15) is 71.6 Å². The number of rotatable bonds is 7. The average Bonchev–Trinajstić information content (AvgIpc) is 2.54. The Balaban J connectivity index is 1.61. The second kappa shape index (κ2) is 9.31. The zero-order chi connectivity index (χ0) is 16.5. The molecule has 2 aliphatic rings.